The number of methoxy groups -OCH3 is 2. The molecule has 1 saturated heterocycles. The van der Waals surface area contributed by atoms with Gasteiger partial charge in [0.25, 0.3) is 5.91 Å². The molecule has 5 nitrogen and oxygen atoms in total. The molecule has 2 aromatic carbocycles. The number of hydrogen-bond donors (Lipinski definition) is 0. The summed E-state index contributed by atoms with van der Waals surface area (Å²) in [5.74, 6) is 1.91. The Labute approximate surface area is 167 Å². The fourth-order valence-electron chi connectivity index (χ4n) is 2.61. The lowest BCUT2D eigenvalue weighted by Crippen LogP contribution is -2.27. The summed E-state index contributed by atoms with van der Waals surface area (Å²) < 4.78 is 16.5. The van der Waals surface area contributed by atoms with E-state index in [0.717, 1.165) is 11.3 Å². The van der Waals surface area contributed by atoms with Gasteiger partial charge in [-0.25, -0.2) is 0 Å². The molecule has 1 fully saturated rings. The summed E-state index contributed by atoms with van der Waals surface area (Å²) in [6, 6.07) is 12.8. The zero-order valence-electron chi connectivity index (χ0n) is 15.2. The second-order valence-electron chi connectivity index (χ2n) is 5.59. The van der Waals surface area contributed by atoms with Crippen LogP contribution >= 0.6 is 24.0 Å². The zero-order valence-corrected chi connectivity index (χ0v) is 16.9. The average molecular weight is 402 g/mol. The predicted octanol–water partition coefficient (Wildman–Crippen LogP) is 4.51. The molecule has 0 spiro atoms. The van der Waals surface area contributed by atoms with Crippen LogP contribution in [0.5, 0.6) is 17.2 Å². The number of thioether (sulfide) groups is 1. The molecule has 27 heavy (non-hydrogen) atoms. The van der Waals surface area contributed by atoms with E-state index in [-0.39, 0.29) is 5.91 Å². The SMILES string of the molecule is CCOc1ccc(N2C(=O)/C(=C\c3cc(OC)cc(OC)c3)SC2=S)cc1. The van der Waals surface area contributed by atoms with Crippen LogP contribution in [-0.4, -0.2) is 31.1 Å². The number of thiocarbonyl (C=S) groups is 1. The quantitative estimate of drug-likeness (QED) is 0.524. The topological polar surface area (TPSA) is 48.0 Å². The number of rotatable bonds is 6. The number of carbonyl (C=O) groups is 1. The van der Waals surface area contributed by atoms with Crippen molar-refractivity contribution in [1.82, 2.24) is 0 Å². The molecule has 1 aliphatic rings. The highest BCUT2D eigenvalue weighted by Crippen LogP contribution is 2.37. The molecule has 0 unspecified atom stereocenters. The van der Waals surface area contributed by atoms with Gasteiger partial charge in [-0.2, -0.15) is 0 Å². The van der Waals surface area contributed by atoms with E-state index in [1.54, 1.807) is 26.4 Å². The smallest absolute Gasteiger partial charge is 0.270 e. The maximum Gasteiger partial charge on any atom is 0.270 e. The van der Waals surface area contributed by atoms with Gasteiger partial charge < -0.3 is 14.2 Å². The zero-order chi connectivity index (χ0) is 19.4. The van der Waals surface area contributed by atoms with Gasteiger partial charge in [0.1, 0.15) is 17.2 Å². The highest BCUT2D eigenvalue weighted by atomic mass is 32.2. The highest BCUT2D eigenvalue weighted by Gasteiger charge is 2.33. The first-order valence-electron chi connectivity index (χ1n) is 8.29. The lowest BCUT2D eigenvalue weighted by molar-refractivity contribution is -0.113. The minimum atomic E-state index is -0.157. The van der Waals surface area contributed by atoms with E-state index in [4.69, 9.17) is 26.4 Å². The molecule has 1 heterocycles. The minimum Gasteiger partial charge on any atom is -0.497 e. The van der Waals surface area contributed by atoms with Crippen molar-refractivity contribution in [2.75, 3.05) is 25.7 Å². The van der Waals surface area contributed by atoms with E-state index in [1.807, 2.05) is 43.3 Å². The van der Waals surface area contributed by atoms with Gasteiger partial charge in [-0.05, 0) is 55.0 Å². The van der Waals surface area contributed by atoms with Crippen molar-refractivity contribution in [3.63, 3.8) is 0 Å². The van der Waals surface area contributed by atoms with Crippen molar-refractivity contribution < 1.29 is 19.0 Å². The Balaban J connectivity index is 1.88. The molecule has 7 heteroatoms. The second kappa shape index (κ2) is 8.45. The largest absolute Gasteiger partial charge is 0.497 e. The molecule has 2 aromatic rings. The third kappa shape index (κ3) is 4.26. The second-order valence-corrected chi connectivity index (χ2v) is 7.27. The molecular weight excluding hydrogens is 382 g/mol. The molecule has 0 aromatic heterocycles. The van der Waals surface area contributed by atoms with E-state index in [0.29, 0.717) is 33.0 Å². The van der Waals surface area contributed by atoms with Crippen LogP contribution in [-0.2, 0) is 4.79 Å². The summed E-state index contributed by atoms with van der Waals surface area (Å²) in [5, 5.41) is 0. The van der Waals surface area contributed by atoms with Gasteiger partial charge in [0.15, 0.2) is 4.32 Å². The van der Waals surface area contributed by atoms with E-state index in [9.17, 15) is 4.79 Å². The molecule has 0 saturated carbocycles. The lowest BCUT2D eigenvalue weighted by Gasteiger charge is -2.15. The number of ether oxygens (including phenoxy) is 3. The summed E-state index contributed by atoms with van der Waals surface area (Å²) >= 11 is 6.69. The normalized spacial score (nSPS) is 15.4. The predicted molar refractivity (Wildman–Crippen MR) is 113 cm³/mol. The molecule has 3 rings (SSSR count). The first-order chi connectivity index (χ1) is 13.0. The van der Waals surface area contributed by atoms with Gasteiger partial charge >= 0.3 is 0 Å². The fraction of sp³-hybridized carbons (Fsp3) is 0.200. The van der Waals surface area contributed by atoms with Gasteiger partial charge in [-0.1, -0.05) is 24.0 Å². The van der Waals surface area contributed by atoms with Crippen LogP contribution in [0, 0.1) is 0 Å². The van der Waals surface area contributed by atoms with Gasteiger partial charge in [0, 0.05) is 6.07 Å². The number of benzene rings is 2. The van der Waals surface area contributed by atoms with E-state index >= 15 is 0 Å². The van der Waals surface area contributed by atoms with E-state index in [1.165, 1.54) is 16.7 Å². The number of hydrogen-bond acceptors (Lipinski definition) is 6. The average Bonchev–Trinajstić information content (AvgIpc) is 2.95. The van der Waals surface area contributed by atoms with Crippen LogP contribution in [0.3, 0.4) is 0 Å². The van der Waals surface area contributed by atoms with Crippen LogP contribution in [0.4, 0.5) is 5.69 Å². The van der Waals surface area contributed by atoms with Crippen molar-refractivity contribution in [3.8, 4) is 17.2 Å². The van der Waals surface area contributed by atoms with E-state index in [2.05, 4.69) is 0 Å². The summed E-state index contributed by atoms with van der Waals surface area (Å²) in [4.78, 5) is 15.0. The highest BCUT2D eigenvalue weighted by molar-refractivity contribution is 8.27. The molecule has 0 radical (unpaired) electrons. The van der Waals surface area contributed by atoms with Crippen LogP contribution in [0.2, 0.25) is 0 Å². The van der Waals surface area contributed by atoms with Crippen LogP contribution in [0.25, 0.3) is 6.08 Å². The minimum absolute atomic E-state index is 0.157. The van der Waals surface area contributed by atoms with Crippen LogP contribution in [0.15, 0.2) is 47.4 Å². The van der Waals surface area contributed by atoms with Crippen molar-refractivity contribution >= 4 is 46.0 Å². The number of carbonyl (C=O) groups excluding carboxylic acids is 1. The van der Waals surface area contributed by atoms with E-state index < -0.39 is 0 Å². The molecule has 0 bridgehead atoms. The maximum absolute atomic E-state index is 12.9. The maximum atomic E-state index is 12.9. The van der Waals surface area contributed by atoms with Crippen molar-refractivity contribution in [3.05, 3.63) is 52.9 Å². The first kappa shape index (κ1) is 19.3. The molecule has 1 aliphatic heterocycles. The molecular formula is C20H19NO4S2. The summed E-state index contributed by atoms with van der Waals surface area (Å²) in [7, 11) is 3.17. The number of anilines is 1. The molecule has 0 N–H and O–H groups in total. The summed E-state index contributed by atoms with van der Waals surface area (Å²) in [6.07, 6.45) is 1.79. The fourth-order valence-corrected chi connectivity index (χ4v) is 3.91. The molecule has 140 valence electrons. The van der Waals surface area contributed by atoms with Crippen LogP contribution in [0.1, 0.15) is 12.5 Å². The number of nitrogens with zero attached hydrogens (tertiary/aromatic N) is 1. The van der Waals surface area contributed by atoms with Crippen molar-refractivity contribution in [1.29, 1.82) is 0 Å². The monoisotopic (exact) mass is 401 g/mol. The third-order valence-corrected chi connectivity index (χ3v) is 5.17. The van der Waals surface area contributed by atoms with Gasteiger partial charge in [0.05, 0.1) is 31.4 Å². The van der Waals surface area contributed by atoms with Crippen molar-refractivity contribution in [2.45, 2.75) is 6.92 Å². The Kier molecular flexibility index (Phi) is 6.03. The van der Waals surface area contributed by atoms with Gasteiger partial charge in [0.2, 0.25) is 0 Å². The lowest BCUT2D eigenvalue weighted by atomic mass is 10.1. The standard InChI is InChI=1S/C20H19NO4S2/c1-4-25-15-7-5-14(6-8-15)21-19(22)18(27-20(21)26)11-13-9-16(23-2)12-17(10-13)24-3/h5-12H,4H2,1-3H3/b18-11+. The third-order valence-electron chi connectivity index (χ3n) is 3.87. The molecule has 0 atom stereocenters. The summed E-state index contributed by atoms with van der Waals surface area (Å²) in [5.41, 5.74) is 1.52. The molecule has 1 amide bonds. The van der Waals surface area contributed by atoms with Gasteiger partial charge in [-0.3, -0.25) is 9.69 Å². The van der Waals surface area contributed by atoms with Crippen LogP contribution < -0.4 is 19.1 Å². The van der Waals surface area contributed by atoms with Crippen molar-refractivity contribution in [2.24, 2.45) is 0 Å². The Hall–Kier alpha value is -2.51. The Morgan fingerprint density at radius 3 is 2.22 bits per heavy atom. The Morgan fingerprint density at radius 2 is 1.67 bits per heavy atom. The summed E-state index contributed by atoms with van der Waals surface area (Å²) in [6.45, 7) is 2.52. The Morgan fingerprint density at radius 1 is 1.04 bits per heavy atom. The van der Waals surface area contributed by atoms with Gasteiger partial charge in [-0.15, -0.1) is 0 Å². The first-order valence-corrected chi connectivity index (χ1v) is 9.52. The number of amides is 1. The Bertz CT molecular complexity index is 871. The molecule has 0 aliphatic carbocycles.